The molecule has 1 heterocycles. The van der Waals surface area contributed by atoms with E-state index < -0.39 is 0 Å². The Bertz CT molecular complexity index is 714. The second kappa shape index (κ2) is 5.28. The van der Waals surface area contributed by atoms with Gasteiger partial charge in [0.15, 0.2) is 0 Å². The van der Waals surface area contributed by atoms with Crippen molar-refractivity contribution in [1.82, 2.24) is 0 Å². The molecule has 0 unspecified atom stereocenters. The van der Waals surface area contributed by atoms with Crippen LogP contribution >= 0.6 is 0 Å². The van der Waals surface area contributed by atoms with Crippen LogP contribution in [0.15, 0.2) is 42.5 Å². The molecule has 1 fully saturated rings. The Morgan fingerprint density at radius 3 is 2.36 bits per heavy atom. The molecule has 112 valence electrons. The Morgan fingerprint density at radius 2 is 1.68 bits per heavy atom. The highest BCUT2D eigenvalue weighted by Crippen LogP contribution is 2.58. The number of nitrogens with zero attached hydrogens (tertiary/aromatic N) is 1. The quantitative estimate of drug-likeness (QED) is 0.678. The van der Waals surface area contributed by atoms with Crippen LogP contribution in [0.25, 0.3) is 11.1 Å². The van der Waals surface area contributed by atoms with Gasteiger partial charge in [0.2, 0.25) is 5.91 Å². The average Bonchev–Trinajstić information content (AvgIpc) is 3.31. The van der Waals surface area contributed by atoms with Crippen LogP contribution in [0.2, 0.25) is 0 Å². The van der Waals surface area contributed by atoms with Crippen molar-refractivity contribution in [2.75, 3.05) is 4.90 Å². The molecular weight excluding hydrogens is 270 g/mol. The second-order valence-electron chi connectivity index (χ2n) is 6.45. The van der Waals surface area contributed by atoms with E-state index in [1.807, 2.05) is 11.0 Å². The molecule has 2 aliphatic rings. The van der Waals surface area contributed by atoms with Gasteiger partial charge in [-0.3, -0.25) is 9.69 Å². The fraction of sp³-hybridized carbons (Fsp3) is 0.350. The Labute approximate surface area is 131 Å². The maximum absolute atomic E-state index is 12.0. The van der Waals surface area contributed by atoms with Crippen LogP contribution < -0.4 is 4.90 Å². The molecule has 1 aliphatic heterocycles. The van der Waals surface area contributed by atoms with E-state index in [9.17, 15) is 4.79 Å². The van der Waals surface area contributed by atoms with Crippen LogP contribution in [-0.2, 0) is 4.79 Å². The van der Waals surface area contributed by atoms with Crippen molar-refractivity contribution in [3.8, 4) is 11.1 Å². The summed E-state index contributed by atoms with van der Waals surface area (Å²) in [5, 5.41) is 0. The zero-order chi connectivity index (χ0) is 15.1. The average molecular weight is 291 g/mol. The minimum atomic E-state index is 0.135. The van der Waals surface area contributed by atoms with Gasteiger partial charge < -0.3 is 0 Å². The fourth-order valence-electron chi connectivity index (χ4n) is 3.92. The van der Waals surface area contributed by atoms with Crippen LogP contribution in [0.3, 0.4) is 0 Å². The maximum Gasteiger partial charge on any atom is 0.228 e. The van der Waals surface area contributed by atoms with Crippen LogP contribution in [0.1, 0.15) is 50.5 Å². The number of fused-ring (bicyclic) bond motifs is 1. The molecule has 0 radical (unpaired) electrons. The molecule has 1 amide bonds. The van der Waals surface area contributed by atoms with E-state index in [4.69, 9.17) is 0 Å². The SMILES string of the molecule is CC(=O)N1c2c(-c3ccccc3)ccc(C3CCCCC3)c21. The van der Waals surface area contributed by atoms with Crippen molar-refractivity contribution in [2.24, 2.45) is 0 Å². The Hall–Kier alpha value is -2.09. The van der Waals surface area contributed by atoms with Gasteiger partial charge in [0, 0.05) is 12.5 Å². The van der Waals surface area contributed by atoms with Gasteiger partial charge in [0.1, 0.15) is 0 Å². The first-order valence-corrected chi connectivity index (χ1v) is 8.30. The van der Waals surface area contributed by atoms with Gasteiger partial charge in [0.05, 0.1) is 11.4 Å². The van der Waals surface area contributed by atoms with Crippen LogP contribution in [0, 0.1) is 0 Å². The number of amides is 1. The molecular formula is C20H21NO. The summed E-state index contributed by atoms with van der Waals surface area (Å²) >= 11 is 0. The third-order valence-electron chi connectivity index (χ3n) is 5.02. The zero-order valence-corrected chi connectivity index (χ0v) is 13.0. The number of hydrogen-bond acceptors (Lipinski definition) is 1. The summed E-state index contributed by atoms with van der Waals surface area (Å²) in [4.78, 5) is 13.9. The highest BCUT2D eigenvalue weighted by molar-refractivity contribution is 6.20. The third kappa shape index (κ3) is 2.14. The van der Waals surface area contributed by atoms with E-state index in [0.717, 1.165) is 5.69 Å². The first kappa shape index (κ1) is 13.6. The lowest BCUT2D eigenvalue weighted by Crippen LogP contribution is -2.09. The molecule has 1 saturated carbocycles. The lowest BCUT2D eigenvalue weighted by atomic mass is 9.83. The zero-order valence-electron chi connectivity index (χ0n) is 13.0. The summed E-state index contributed by atoms with van der Waals surface area (Å²) in [6, 6.07) is 14.8. The van der Waals surface area contributed by atoms with E-state index in [1.54, 1.807) is 6.92 Å². The van der Waals surface area contributed by atoms with E-state index in [1.165, 1.54) is 54.5 Å². The van der Waals surface area contributed by atoms with Crippen molar-refractivity contribution in [1.29, 1.82) is 0 Å². The molecule has 22 heavy (non-hydrogen) atoms. The Balaban J connectivity index is 1.78. The number of carbonyl (C=O) groups is 1. The van der Waals surface area contributed by atoms with Crippen molar-refractivity contribution in [3.63, 3.8) is 0 Å². The summed E-state index contributed by atoms with van der Waals surface area (Å²) in [6.45, 7) is 1.67. The number of hydrogen-bond donors (Lipinski definition) is 0. The molecule has 4 rings (SSSR count). The summed E-state index contributed by atoms with van der Waals surface area (Å²) < 4.78 is 0. The first-order chi connectivity index (χ1) is 10.8. The molecule has 0 aromatic heterocycles. The number of benzene rings is 2. The lowest BCUT2D eigenvalue weighted by Gasteiger charge is -2.21. The Kier molecular flexibility index (Phi) is 3.25. The van der Waals surface area contributed by atoms with Crippen LogP contribution in [0.4, 0.5) is 11.4 Å². The topological polar surface area (TPSA) is 20.1 Å². The summed E-state index contributed by atoms with van der Waals surface area (Å²) in [7, 11) is 0. The molecule has 2 heteroatoms. The molecule has 2 nitrogen and oxygen atoms in total. The lowest BCUT2D eigenvalue weighted by molar-refractivity contribution is -0.115. The summed E-state index contributed by atoms with van der Waals surface area (Å²) in [6.07, 6.45) is 6.53. The van der Waals surface area contributed by atoms with E-state index >= 15 is 0 Å². The summed E-state index contributed by atoms with van der Waals surface area (Å²) in [5.74, 6) is 0.770. The van der Waals surface area contributed by atoms with Gasteiger partial charge in [-0.05, 0) is 29.9 Å². The molecule has 0 atom stereocenters. The smallest absolute Gasteiger partial charge is 0.228 e. The van der Waals surface area contributed by atoms with Crippen molar-refractivity contribution < 1.29 is 4.79 Å². The monoisotopic (exact) mass is 291 g/mol. The van der Waals surface area contributed by atoms with Gasteiger partial charge in [0.25, 0.3) is 0 Å². The van der Waals surface area contributed by atoms with Crippen molar-refractivity contribution in [2.45, 2.75) is 44.9 Å². The van der Waals surface area contributed by atoms with Gasteiger partial charge in [-0.1, -0.05) is 61.7 Å². The molecule has 2 aromatic rings. The van der Waals surface area contributed by atoms with E-state index in [0.29, 0.717) is 5.92 Å². The third-order valence-corrected chi connectivity index (χ3v) is 5.02. The minimum absolute atomic E-state index is 0.135. The van der Waals surface area contributed by atoms with Crippen molar-refractivity contribution in [3.05, 3.63) is 48.0 Å². The molecule has 0 saturated heterocycles. The standard InChI is InChI=1S/C20H21NO/c1-14(22)21-19-17(15-8-4-2-5-9-15)12-13-18(20(19)21)16-10-6-3-7-11-16/h2,4-5,8-9,12-13,16H,3,6-7,10-11H2,1H3. The fourth-order valence-corrected chi connectivity index (χ4v) is 3.92. The van der Waals surface area contributed by atoms with Gasteiger partial charge in [-0.15, -0.1) is 0 Å². The number of carbonyl (C=O) groups excluding carboxylic acids is 1. The highest BCUT2D eigenvalue weighted by atomic mass is 16.2. The van der Waals surface area contributed by atoms with Crippen LogP contribution in [-0.4, -0.2) is 5.91 Å². The second-order valence-corrected chi connectivity index (χ2v) is 6.45. The molecule has 0 N–H and O–H groups in total. The largest absolute Gasteiger partial charge is 0.276 e. The molecule has 0 bridgehead atoms. The minimum Gasteiger partial charge on any atom is -0.276 e. The van der Waals surface area contributed by atoms with E-state index in [2.05, 4.69) is 36.4 Å². The Morgan fingerprint density at radius 1 is 0.955 bits per heavy atom. The first-order valence-electron chi connectivity index (χ1n) is 8.30. The van der Waals surface area contributed by atoms with Crippen LogP contribution in [0.5, 0.6) is 0 Å². The number of anilines is 2. The predicted molar refractivity (Wildman–Crippen MR) is 90.5 cm³/mol. The van der Waals surface area contributed by atoms with E-state index in [-0.39, 0.29) is 5.91 Å². The van der Waals surface area contributed by atoms with Gasteiger partial charge in [-0.2, -0.15) is 0 Å². The normalized spacial score (nSPS) is 17.2. The molecule has 2 aromatic carbocycles. The van der Waals surface area contributed by atoms with Gasteiger partial charge in [-0.25, -0.2) is 0 Å². The predicted octanol–water partition coefficient (Wildman–Crippen LogP) is 5.40. The molecule has 1 aliphatic carbocycles. The van der Waals surface area contributed by atoms with Gasteiger partial charge >= 0.3 is 0 Å². The van der Waals surface area contributed by atoms with Crippen molar-refractivity contribution >= 4 is 17.3 Å². The molecule has 0 spiro atoms. The summed E-state index contributed by atoms with van der Waals surface area (Å²) in [5.41, 5.74) is 6.11. The highest BCUT2D eigenvalue weighted by Gasteiger charge is 2.40. The number of rotatable bonds is 2. The maximum atomic E-state index is 12.0.